The quantitative estimate of drug-likeness (QED) is 0.525. The van der Waals surface area contributed by atoms with Crippen LogP contribution < -0.4 is 0 Å². The van der Waals surface area contributed by atoms with E-state index in [1.807, 2.05) is 6.92 Å². The number of aliphatic hydroxyl groups is 3. The highest BCUT2D eigenvalue weighted by molar-refractivity contribution is 4.62. The lowest BCUT2D eigenvalue weighted by atomic mass is 10.1. The molecule has 3 heteroatoms. The SMILES string of the molecule is CCCC(O)CC(O)CCO. The molecule has 0 aliphatic heterocycles. The summed E-state index contributed by atoms with van der Waals surface area (Å²) in [6.07, 6.45) is 1.42. The fourth-order valence-electron chi connectivity index (χ4n) is 1.03. The molecule has 0 spiro atoms. The lowest BCUT2D eigenvalue weighted by molar-refractivity contribution is 0.0601. The minimum absolute atomic E-state index is 0.0139. The third kappa shape index (κ3) is 6.28. The van der Waals surface area contributed by atoms with Crippen LogP contribution in [0.15, 0.2) is 0 Å². The molecule has 0 bridgehead atoms. The second kappa shape index (κ2) is 6.58. The molecular formula is C8H18O3. The fourth-order valence-corrected chi connectivity index (χ4v) is 1.03. The minimum atomic E-state index is -0.554. The smallest absolute Gasteiger partial charge is 0.0586 e. The van der Waals surface area contributed by atoms with Crippen molar-refractivity contribution in [2.45, 2.75) is 44.8 Å². The van der Waals surface area contributed by atoms with E-state index in [2.05, 4.69) is 0 Å². The Morgan fingerprint density at radius 3 is 2.09 bits per heavy atom. The summed E-state index contributed by atoms with van der Waals surface area (Å²) in [5.41, 5.74) is 0. The predicted octanol–water partition coefficient (Wildman–Crippen LogP) is 0.281. The molecule has 0 heterocycles. The summed E-state index contributed by atoms with van der Waals surface area (Å²) in [5, 5.41) is 26.8. The number of hydrogen-bond acceptors (Lipinski definition) is 3. The van der Waals surface area contributed by atoms with Gasteiger partial charge < -0.3 is 15.3 Å². The number of aliphatic hydroxyl groups excluding tert-OH is 3. The zero-order valence-corrected chi connectivity index (χ0v) is 7.03. The van der Waals surface area contributed by atoms with Gasteiger partial charge in [-0.05, 0) is 19.3 Å². The highest BCUT2D eigenvalue weighted by Crippen LogP contribution is 2.06. The van der Waals surface area contributed by atoms with Crippen LogP contribution in [0.4, 0.5) is 0 Å². The molecular weight excluding hydrogens is 144 g/mol. The molecule has 3 nitrogen and oxygen atoms in total. The van der Waals surface area contributed by atoms with Crippen molar-refractivity contribution < 1.29 is 15.3 Å². The van der Waals surface area contributed by atoms with Gasteiger partial charge in [0, 0.05) is 6.61 Å². The Labute approximate surface area is 67.7 Å². The third-order valence-corrected chi connectivity index (χ3v) is 1.63. The second-order valence-corrected chi connectivity index (χ2v) is 2.84. The van der Waals surface area contributed by atoms with Crippen LogP contribution in [-0.2, 0) is 0 Å². The van der Waals surface area contributed by atoms with Crippen molar-refractivity contribution in [3.05, 3.63) is 0 Å². The molecule has 68 valence electrons. The predicted molar refractivity (Wildman–Crippen MR) is 43.2 cm³/mol. The monoisotopic (exact) mass is 162 g/mol. The molecule has 0 radical (unpaired) electrons. The van der Waals surface area contributed by atoms with Crippen molar-refractivity contribution in [1.29, 1.82) is 0 Å². The van der Waals surface area contributed by atoms with Crippen molar-refractivity contribution >= 4 is 0 Å². The summed E-state index contributed by atoms with van der Waals surface area (Å²) in [6.45, 7) is 1.97. The van der Waals surface area contributed by atoms with Crippen LogP contribution in [0.5, 0.6) is 0 Å². The molecule has 0 saturated heterocycles. The Hall–Kier alpha value is -0.120. The normalized spacial score (nSPS) is 16.4. The summed E-state index contributed by atoms with van der Waals surface area (Å²) in [5.74, 6) is 0. The van der Waals surface area contributed by atoms with Gasteiger partial charge in [0.2, 0.25) is 0 Å². The summed E-state index contributed by atoms with van der Waals surface area (Å²) >= 11 is 0. The first kappa shape index (κ1) is 10.9. The van der Waals surface area contributed by atoms with Crippen molar-refractivity contribution in [1.82, 2.24) is 0 Å². The Balaban J connectivity index is 3.32. The first-order chi connectivity index (χ1) is 5.20. The van der Waals surface area contributed by atoms with Gasteiger partial charge in [-0.15, -0.1) is 0 Å². The van der Waals surface area contributed by atoms with Gasteiger partial charge >= 0.3 is 0 Å². The average molecular weight is 162 g/mol. The van der Waals surface area contributed by atoms with E-state index < -0.39 is 12.2 Å². The van der Waals surface area contributed by atoms with Gasteiger partial charge in [0.15, 0.2) is 0 Å². The molecule has 0 fully saturated rings. The molecule has 0 aromatic heterocycles. The van der Waals surface area contributed by atoms with Gasteiger partial charge in [-0.25, -0.2) is 0 Å². The summed E-state index contributed by atoms with van der Waals surface area (Å²) in [7, 11) is 0. The van der Waals surface area contributed by atoms with Gasteiger partial charge in [-0.3, -0.25) is 0 Å². The highest BCUT2D eigenvalue weighted by Gasteiger charge is 2.09. The van der Waals surface area contributed by atoms with Crippen molar-refractivity contribution in [2.75, 3.05) is 6.61 Å². The van der Waals surface area contributed by atoms with Gasteiger partial charge in [-0.2, -0.15) is 0 Å². The molecule has 0 amide bonds. The van der Waals surface area contributed by atoms with Crippen LogP contribution >= 0.6 is 0 Å². The fraction of sp³-hybridized carbons (Fsp3) is 1.00. The Morgan fingerprint density at radius 1 is 1.09 bits per heavy atom. The summed E-state index contributed by atoms with van der Waals surface area (Å²) < 4.78 is 0. The van der Waals surface area contributed by atoms with Crippen molar-refractivity contribution in [3.8, 4) is 0 Å². The largest absolute Gasteiger partial charge is 0.396 e. The average Bonchev–Trinajstić information content (AvgIpc) is 1.87. The molecule has 2 atom stereocenters. The lowest BCUT2D eigenvalue weighted by Gasteiger charge is -2.13. The van der Waals surface area contributed by atoms with E-state index >= 15 is 0 Å². The van der Waals surface area contributed by atoms with Crippen LogP contribution in [0.3, 0.4) is 0 Å². The van der Waals surface area contributed by atoms with Crippen LogP contribution in [0, 0.1) is 0 Å². The van der Waals surface area contributed by atoms with Crippen LogP contribution in [-0.4, -0.2) is 34.1 Å². The molecule has 0 aliphatic rings. The molecule has 3 N–H and O–H groups in total. The minimum Gasteiger partial charge on any atom is -0.396 e. The van der Waals surface area contributed by atoms with Crippen molar-refractivity contribution in [2.24, 2.45) is 0 Å². The highest BCUT2D eigenvalue weighted by atomic mass is 16.3. The standard InChI is InChI=1S/C8H18O3/c1-2-3-7(10)6-8(11)4-5-9/h7-11H,2-6H2,1H3. The van der Waals surface area contributed by atoms with E-state index in [1.54, 1.807) is 0 Å². The Morgan fingerprint density at radius 2 is 1.64 bits per heavy atom. The van der Waals surface area contributed by atoms with Crippen LogP contribution in [0.25, 0.3) is 0 Å². The Kier molecular flexibility index (Phi) is 6.51. The molecule has 11 heavy (non-hydrogen) atoms. The van der Waals surface area contributed by atoms with Crippen LogP contribution in [0.2, 0.25) is 0 Å². The van der Waals surface area contributed by atoms with E-state index in [4.69, 9.17) is 10.2 Å². The Bertz CT molecular complexity index is 75.4. The van der Waals surface area contributed by atoms with E-state index in [-0.39, 0.29) is 6.61 Å². The molecule has 0 saturated carbocycles. The second-order valence-electron chi connectivity index (χ2n) is 2.84. The molecule has 0 aromatic rings. The van der Waals surface area contributed by atoms with E-state index in [1.165, 1.54) is 0 Å². The van der Waals surface area contributed by atoms with E-state index in [0.717, 1.165) is 12.8 Å². The summed E-state index contributed by atoms with van der Waals surface area (Å²) in [4.78, 5) is 0. The van der Waals surface area contributed by atoms with Crippen molar-refractivity contribution in [3.63, 3.8) is 0 Å². The molecule has 0 aromatic carbocycles. The maximum atomic E-state index is 9.20. The lowest BCUT2D eigenvalue weighted by Crippen LogP contribution is -2.18. The maximum Gasteiger partial charge on any atom is 0.0586 e. The van der Waals surface area contributed by atoms with Crippen LogP contribution in [0.1, 0.15) is 32.6 Å². The van der Waals surface area contributed by atoms with E-state index in [9.17, 15) is 5.11 Å². The first-order valence-electron chi connectivity index (χ1n) is 4.17. The molecule has 2 unspecified atom stereocenters. The summed E-state index contributed by atoms with van der Waals surface area (Å²) in [6, 6.07) is 0. The number of rotatable bonds is 6. The molecule has 0 aliphatic carbocycles. The number of hydrogen-bond donors (Lipinski definition) is 3. The third-order valence-electron chi connectivity index (χ3n) is 1.63. The van der Waals surface area contributed by atoms with Gasteiger partial charge in [-0.1, -0.05) is 13.3 Å². The zero-order chi connectivity index (χ0) is 8.69. The van der Waals surface area contributed by atoms with Gasteiger partial charge in [0.1, 0.15) is 0 Å². The van der Waals surface area contributed by atoms with Gasteiger partial charge in [0.25, 0.3) is 0 Å². The van der Waals surface area contributed by atoms with Gasteiger partial charge in [0.05, 0.1) is 12.2 Å². The first-order valence-corrected chi connectivity index (χ1v) is 4.17. The topological polar surface area (TPSA) is 60.7 Å². The molecule has 0 rings (SSSR count). The maximum absolute atomic E-state index is 9.20. The van der Waals surface area contributed by atoms with E-state index in [0.29, 0.717) is 12.8 Å². The zero-order valence-electron chi connectivity index (χ0n) is 7.03.